The quantitative estimate of drug-likeness (QED) is 0.499. The molecule has 2 aromatic rings. The van der Waals surface area contributed by atoms with Crippen LogP contribution in [0.15, 0.2) is 47.5 Å². The van der Waals surface area contributed by atoms with Gasteiger partial charge in [-0.1, -0.05) is 12.1 Å². The summed E-state index contributed by atoms with van der Waals surface area (Å²) in [4.78, 5) is 4.19. The SMILES string of the molecule is CCOc1ccc(NC(=NC)NCc2cccc(OCC(F)F)c2)cc1OC. The molecule has 0 aliphatic carbocycles. The summed E-state index contributed by atoms with van der Waals surface area (Å²) in [5, 5.41) is 6.34. The molecule has 8 heteroatoms. The molecule has 2 rings (SSSR count). The molecule has 0 heterocycles. The monoisotopic (exact) mass is 393 g/mol. The van der Waals surface area contributed by atoms with Crippen molar-refractivity contribution in [1.29, 1.82) is 0 Å². The maximum Gasteiger partial charge on any atom is 0.272 e. The summed E-state index contributed by atoms with van der Waals surface area (Å²) in [5.74, 6) is 2.23. The molecule has 2 N–H and O–H groups in total. The molecule has 0 amide bonds. The summed E-state index contributed by atoms with van der Waals surface area (Å²) in [6, 6.07) is 12.5. The van der Waals surface area contributed by atoms with Gasteiger partial charge in [-0.25, -0.2) is 8.78 Å². The van der Waals surface area contributed by atoms with Crippen molar-refractivity contribution >= 4 is 11.6 Å². The molecule has 0 saturated carbocycles. The van der Waals surface area contributed by atoms with Gasteiger partial charge in [-0.05, 0) is 36.8 Å². The van der Waals surface area contributed by atoms with E-state index in [0.717, 1.165) is 11.3 Å². The lowest BCUT2D eigenvalue weighted by atomic mass is 10.2. The standard InChI is InChI=1S/C20H25F2N3O3/c1-4-27-17-9-8-15(11-18(17)26-3)25-20(23-2)24-12-14-6-5-7-16(10-14)28-13-19(21)22/h5-11,19H,4,12-13H2,1-3H3,(H2,23,24,25). The Balaban J connectivity index is 1.97. The summed E-state index contributed by atoms with van der Waals surface area (Å²) in [7, 11) is 3.24. The van der Waals surface area contributed by atoms with Crippen molar-refractivity contribution in [2.75, 3.05) is 32.7 Å². The molecule has 28 heavy (non-hydrogen) atoms. The van der Waals surface area contributed by atoms with E-state index in [1.165, 1.54) is 0 Å². The van der Waals surface area contributed by atoms with Crippen LogP contribution in [0.1, 0.15) is 12.5 Å². The number of hydrogen-bond donors (Lipinski definition) is 2. The van der Waals surface area contributed by atoms with E-state index in [-0.39, 0.29) is 0 Å². The second-order valence-electron chi connectivity index (χ2n) is 5.70. The number of benzene rings is 2. The number of halogens is 2. The number of alkyl halides is 2. The second-order valence-corrected chi connectivity index (χ2v) is 5.70. The number of nitrogens with one attached hydrogen (secondary N) is 2. The number of methoxy groups -OCH3 is 1. The first-order valence-corrected chi connectivity index (χ1v) is 8.84. The van der Waals surface area contributed by atoms with Crippen LogP contribution in [0.5, 0.6) is 17.2 Å². The van der Waals surface area contributed by atoms with Gasteiger partial charge in [0, 0.05) is 25.3 Å². The van der Waals surface area contributed by atoms with E-state index in [0.29, 0.717) is 36.4 Å². The summed E-state index contributed by atoms with van der Waals surface area (Å²) in [6.07, 6.45) is -2.50. The Morgan fingerprint density at radius 1 is 1.11 bits per heavy atom. The molecule has 2 aromatic carbocycles. The van der Waals surface area contributed by atoms with Gasteiger partial charge in [-0.2, -0.15) is 0 Å². The fraction of sp³-hybridized carbons (Fsp3) is 0.350. The Labute approximate surface area is 163 Å². The normalized spacial score (nSPS) is 11.3. The van der Waals surface area contributed by atoms with Gasteiger partial charge in [-0.3, -0.25) is 4.99 Å². The predicted molar refractivity (Wildman–Crippen MR) is 106 cm³/mol. The van der Waals surface area contributed by atoms with Crippen LogP contribution in [-0.2, 0) is 6.54 Å². The number of nitrogens with zero attached hydrogens (tertiary/aromatic N) is 1. The van der Waals surface area contributed by atoms with Crippen LogP contribution in [-0.4, -0.2) is 39.8 Å². The number of hydrogen-bond acceptors (Lipinski definition) is 4. The lowest BCUT2D eigenvalue weighted by Gasteiger charge is -2.15. The van der Waals surface area contributed by atoms with Crippen molar-refractivity contribution in [2.45, 2.75) is 19.9 Å². The zero-order valence-electron chi connectivity index (χ0n) is 16.2. The minimum atomic E-state index is -2.50. The molecule has 0 bridgehead atoms. The Kier molecular flexibility index (Phi) is 8.33. The number of rotatable bonds is 9. The number of guanidine groups is 1. The fourth-order valence-corrected chi connectivity index (χ4v) is 2.43. The first-order valence-electron chi connectivity index (χ1n) is 8.84. The summed E-state index contributed by atoms with van der Waals surface area (Å²) in [5.41, 5.74) is 1.65. The molecule has 0 aromatic heterocycles. The lowest BCUT2D eigenvalue weighted by Crippen LogP contribution is -2.30. The van der Waals surface area contributed by atoms with Gasteiger partial charge < -0.3 is 24.8 Å². The van der Waals surface area contributed by atoms with Crippen molar-refractivity contribution in [3.05, 3.63) is 48.0 Å². The van der Waals surface area contributed by atoms with E-state index in [1.807, 2.05) is 31.2 Å². The molecular formula is C20H25F2N3O3. The molecule has 0 aliphatic rings. The molecule has 6 nitrogen and oxygen atoms in total. The molecule has 0 radical (unpaired) electrons. The van der Waals surface area contributed by atoms with E-state index >= 15 is 0 Å². The van der Waals surface area contributed by atoms with Crippen molar-refractivity contribution in [2.24, 2.45) is 4.99 Å². The van der Waals surface area contributed by atoms with Gasteiger partial charge in [0.05, 0.1) is 13.7 Å². The van der Waals surface area contributed by atoms with Gasteiger partial charge in [0.1, 0.15) is 12.4 Å². The molecule has 0 spiro atoms. The Hall–Kier alpha value is -3.03. The third-order valence-electron chi connectivity index (χ3n) is 3.68. The summed E-state index contributed by atoms with van der Waals surface area (Å²) < 4.78 is 40.4. The van der Waals surface area contributed by atoms with Crippen LogP contribution in [0.3, 0.4) is 0 Å². The summed E-state index contributed by atoms with van der Waals surface area (Å²) >= 11 is 0. The van der Waals surface area contributed by atoms with Crippen LogP contribution >= 0.6 is 0 Å². The highest BCUT2D eigenvalue weighted by atomic mass is 19.3. The van der Waals surface area contributed by atoms with Crippen molar-refractivity contribution in [3.63, 3.8) is 0 Å². The maximum absolute atomic E-state index is 12.3. The lowest BCUT2D eigenvalue weighted by molar-refractivity contribution is 0.0818. The molecule has 152 valence electrons. The van der Waals surface area contributed by atoms with E-state index < -0.39 is 13.0 Å². The molecule has 0 fully saturated rings. The number of aliphatic imine (C=N–C) groups is 1. The van der Waals surface area contributed by atoms with Gasteiger partial charge in [0.15, 0.2) is 17.5 Å². The molecule has 0 saturated heterocycles. The number of anilines is 1. The van der Waals surface area contributed by atoms with E-state index in [9.17, 15) is 8.78 Å². The predicted octanol–water partition coefficient (Wildman–Crippen LogP) is 3.93. The highest BCUT2D eigenvalue weighted by Crippen LogP contribution is 2.30. The largest absolute Gasteiger partial charge is 0.493 e. The number of ether oxygens (including phenoxy) is 3. The van der Waals surface area contributed by atoms with Crippen LogP contribution in [0, 0.1) is 0 Å². The molecular weight excluding hydrogens is 368 g/mol. The van der Waals surface area contributed by atoms with Gasteiger partial charge in [0.2, 0.25) is 0 Å². The maximum atomic E-state index is 12.3. The van der Waals surface area contributed by atoms with Gasteiger partial charge in [0.25, 0.3) is 6.43 Å². The molecule has 0 aliphatic heterocycles. The topological polar surface area (TPSA) is 64.1 Å². The highest BCUT2D eigenvalue weighted by molar-refractivity contribution is 5.93. The zero-order chi connectivity index (χ0) is 20.4. The summed E-state index contributed by atoms with van der Waals surface area (Å²) in [6.45, 7) is 2.27. The van der Waals surface area contributed by atoms with Crippen LogP contribution in [0.25, 0.3) is 0 Å². The third-order valence-corrected chi connectivity index (χ3v) is 3.68. The molecule has 0 unspecified atom stereocenters. The minimum absolute atomic E-state index is 0.402. The van der Waals surface area contributed by atoms with Gasteiger partial charge in [-0.15, -0.1) is 0 Å². The molecule has 0 atom stereocenters. The van der Waals surface area contributed by atoms with Crippen molar-refractivity contribution in [1.82, 2.24) is 5.32 Å². The average molecular weight is 393 g/mol. The van der Waals surface area contributed by atoms with E-state index in [2.05, 4.69) is 15.6 Å². The smallest absolute Gasteiger partial charge is 0.272 e. The third kappa shape index (κ3) is 6.61. The van der Waals surface area contributed by atoms with Crippen LogP contribution in [0.4, 0.5) is 14.5 Å². The van der Waals surface area contributed by atoms with Crippen LogP contribution < -0.4 is 24.8 Å². The van der Waals surface area contributed by atoms with Gasteiger partial charge >= 0.3 is 0 Å². The Bertz CT molecular complexity index is 785. The second kappa shape index (κ2) is 11.0. The fourth-order valence-electron chi connectivity index (χ4n) is 2.43. The van der Waals surface area contributed by atoms with Crippen molar-refractivity contribution < 1.29 is 23.0 Å². The Morgan fingerprint density at radius 2 is 1.93 bits per heavy atom. The van der Waals surface area contributed by atoms with E-state index in [1.54, 1.807) is 32.4 Å². The first-order chi connectivity index (χ1) is 13.5. The Morgan fingerprint density at radius 3 is 2.61 bits per heavy atom. The first kappa shape index (κ1) is 21.3. The van der Waals surface area contributed by atoms with Crippen LogP contribution in [0.2, 0.25) is 0 Å². The highest BCUT2D eigenvalue weighted by Gasteiger charge is 2.08. The average Bonchev–Trinajstić information content (AvgIpc) is 2.71. The zero-order valence-corrected chi connectivity index (χ0v) is 16.2. The van der Waals surface area contributed by atoms with E-state index in [4.69, 9.17) is 14.2 Å². The minimum Gasteiger partial charge on any atom is -0.493 e. The van der Waals surface area contributed by atoms with Crippen molar-refractivity contribution in [3.8, 4) is 17.2 Å².